The zero-order chi connectivity index (χ0) is 25.4. The van der Waals surface area contributed by atoms with Gasteiger partial charge in [0.05, 0.1) is 11.5 Å². The molecule has 196 valence electrons. The van der Waals surface area contributed by atoms with Crippen molar-refractivity contribution >= 4 is 21.6 Å². The lowest BCUT2D eigenvalue weighted by Crippen LogP contribution is -2.53. The molecule has 3 saturated heterocycles. The standard InChI is InChI=1S/C24H34F3N3O4S/c1-18-4-5-20(21(16-18)28-12-14-35(32,33)15-13-28)17-30-9-3-6-23(30)7-10-29(11-8-23)22(31)34-19(2)24(25,26)27/h4-5,16,19H,3,6-15,17H2,1-2H3. The highest BCUT2D eigenvalue weighted by Gasteiger charge is 2.45. The van der Waals surface area contributed by atoms with Gasteiger partial charge in [-0.1, -0.05) is 12.1 Å². The van der Waals surface area contributed by atoms with Crippen LogP contribution in [0, 0.1) is 6.92 Å². The zero-order valence-electron chi connectivity index (χ0n) is 20.3. The molecule has 4 rings (SSSR count). The molecule has 1 atom stereocenters. The molecule has 7 nitrogen and oxygen atoms in total. The highest BCUT2D eigenvalue weighted by atomic mass is 32.2. The number of amides is 1. The predicted octanol–water partition coefficient (Wildman–Crippen LogP) is 3.75. The van der Waals surface area contributed by atoms with Crippen LogP contribution in [0.15, 0.2) is 18.2 Å². The number of carbonyl (C=O) groups is 1. The molecule has 0 saturated carbocycles. The van der Waals surface area contributed by atoms with Crippen molar-refractivity contribution < 1.29 is 31.1 Å². The normalized spacial score (nSPS) is 23.5. The molecule has 0 N–H and O–H groups in total. The Kier molecular flexibility index (Phi) is 7.30. The number of nitrogens with zero attached hydrogens (tertiary/aromatic N) is 3. The molecule has 1 aromatic rings. The van der Waals surface area contributed by atoms with Crippen molar-refractivity contribution in [2.45, 2.75) is 63.9 Å². The summed E-state index contributed by atoms with van der Waals surface area (Å²) in [6.07, 6.45) is -4.22. The number of alkyl halides is 3. The second-order valence-electron chi connectivity index (χ2n) is 10.1. The number of aryl methyl sites for hydroxylation is 1. The molecular formula is C24H34F3N3O4S. The van der Waals surface area contributed by atoms with Crippen LogP contribution >= 0.6 is 0 Å². The van der Waals surface area contributed by atoms with E-state index in [1.54, 1.807) is 0 Å². The van der Waals surface area contributed by atoms with E-state index in [-0.39, 0.29) is 17.0 Å². The molecule has 3 aliphatic heterocycles. The highest BCUT2D eigenvalue weighted by Crippen LogP contribution is 2.40. The van der Waals surface area contributed by atoms with E-state index in [4.69, 9.17) is 0 Å². The van der Waals surface area contributed by atoms with E-state index < -0.39 is 28.2 Å². The van der Waals surface area contributed by atoms with E-state index in [1.165, 1.54) is 4.90 Å². The number of benzene rings is 1. The molecule has 1 amide bonds. The second kappa shape index (κ2) is 9.80. The van der Waals surface area contributed by atoms with Crippen molar-refractivity contribution in [3.8, 4) is 0 Å². The van der Waals surface area contributed by atoms with Crippen LogP contribution < -0.4 is 4.90 Å². The Labute approximate surface area is 205 Å². The lowest BCUT2D eigenvalue weighted by atomic mass is 9.84. The Morgan fingerprint density at radius 1 is 1.09 bits per heavy atom. The Morgan fingerprint density at radius 2 is 1.74 bits per heavy atom. The first-order valence-electron chi connectivity index (χ1n) is 12.2. The van der Waals surface area contributed by atoms with Crippen molar-refractivity contribution in [3.63, 3.8) is 0 Å². The third-order valence-corrected chi connectivity index (χ3v) is 9.33. The van der Waals surface area contributed by atoms with Crippen LogP contribution in [0.3, 0.4) is 0 Å². The molecule has 1 spiro atoms. The van der Waals surface area contributed by atoms with Gasteiger partial charge in [0, 0.05) is 44.0 Å². The summed E-state index contributed by atoms with van der Waals surface area (Å²) in [6, 6.07) is 6.31. The van der Waals surface area contributed by atoms with Crippen molar-refractivity contribution in [3.05, 3.63) is 29.3 Å². The molecule has 35 heavy (non-hydrogen) atoms. The number of carbonyl (C=O) groups excluding carboxylic acids is 1. The number of hydrogen-bond acceptors (Lipinski definition) is 6. The summed E-state index contributed by atoms with van der Waals surface area (Å²) in [5.74, 6) is 0.319. The maximum absolute atomic E-state index is 12.8. The molecule has 0 bridgehead atoms. The summed E-state index contributed by atoms with van der Waals surface area (Å²) in [6.45, 7) is 6.20. The van der Waals surface area contributed by atoms with Crippen LogP contribution in [0.5, 0.6) is 0 Å². The smallest absolute Gasteiger partial charge is 0.425 e. The van der Waals surface area contributed by atoms with Crippen molar-refractivity contribution in [1.82, 2.24) is 9.80 Å². The molecule has 11 heteroatoms. The lowest BCUT2D eigenvalue weighted by Gasteiger charge is -2.45. The second-order valence-corrected chi connectivity index (χ2v) is 12.4. The van der Waals surface area contributed by atoms with Gasteiger partial charge >= 0.3 is 12.3 Å². The largest absolute Gasteiger partial charge is 0.437 e. The first-order chi connectivity index (χ1) is 16.4. The van der Waals surface area contributed by atoms with Gasteiger partial charge in [-0.3, -0.25) is 4.90 Å². The minimum atomic E-state index is -4.57. The predicted molar refractivity (Wildman–Crippen MR) is 127 cm³/mol. The Balaban J connectivity index is 1.43. The lowest BCUT2D eigenvalue weighted by molar-refractivity contribution is -0.200. The molecule has 0 aliphatic carbocycles. The van der Waals surface area contributed by atoms with Gasteiger partial charge in [-0.2, -0.15) is 13.2 Å². The summed E-state index contributed by atoms with van der Waals surface area (Å²) in [4.78, 5) is 18.3. The van der Waals surface area contributed by atoms with Gasteiger partial charge in [0.25, 0.3) is 0 Å². The van der Waals surface area contributed by atoms with Crippen LogP contribution in [0.25, 0.3) is 0 Å². The Morgan fingerprint density at radius 3 is 2.37 bits per heavy atom. The fraction of sp³-hybridized carbons (Fsp3) is 0.708. The number of rotatable bonds is 4. The first-order valence-corrected chi connectivity index (χ1v) is 14.0. The van der Waals surface area contributed by atoms with Gasteiger partial charge in [0.1, 0.15) is 0 Å². The van der Waals surface area contributed by atoms with E-state index in [9.17, 15) is 26.4 Å². The number of sulfone groups is 1. The number of halogens is 3. The Hall–Kier alpha value is -2.01. The van der Waals surface area contributed by atoms with E-state index in [2.05, 4.69) is 32.7 Å². The number of likely N-dealkylation sites (tertiary alicyclic amines) is 2. The SMILES string of the molecule is Cc1ccc(CN2CCCC23CCN(C(=O)OC(C)C(F)(F)F)CC3)c(N2CCS(=O)(=O)CC2)c1. The van der Waals surface area contributed by atoms with Crippen molar-refractivity contribution in [2.24, 2.45) is 0 Å². The van der Waals surface area contributed by atoms with E-state index in [0.717, 1.165) is 43.1 Å². The number of anilines is 1. The molecule has 1 unspecified atom stereocenters. The summed E-state index contributed by atoms with van der Waals surface area (Å²) < 4.78 is 66.8. The number of piperidine rings is 1. The quantitative estimate of drug-likeness (QED) is 0.606. The minimum Gasteiger partial charge on any atom is -0.437 e. The molecule has 0 aromatic heterocycles. The van der Waals surface area contributed by atoms with Crippen molar-refractivity contribution in [1.29, 1.82) is 0 Å². The van der Waals surface area contributed by atoms with E-state index >= 15 is 0 Å². The Bertz CT molecular complexity index is 1020. The van der Waals surface area contributed by atoms with Crippen LogP contribution in [-0.2, 0) is 21.1 Å². The molecule has 3 aliphatic rings. The average molecular weight is 518 g/mol. The summed E-state index contributed by atoms with van der Waals surface area (Å²) in [5, 5.41) is 0. The van der Waals surface area contributed by atoms with Gasteiger partial charge in [0.15, 0.2) is 15.9 Å². The summed E-state index contributed by atoms with van der Waals surface area (Å²) in [7, 11) is -2.98. The third kappa shape index (κ3) is 5.87. The highest BCUT2D eigenvalue weighted by molar-refractivity contribution is 7.91. The molecule has 3 fully saturated rings. The van der Waals surface area contributed by atoms with Gasteiger partial charge in [-0.15, -0.1) is 0 Å². The molecular weight excluding hydrogens is 483 g/mol. The zero-order valence-corrected chi connectivity index (χ0v) is 21.1. The van der Waals surface area contributed by atoms with E-state index in [1.807, 2.05) is 6.92 Å². The van der Waals surface area contributed by atoms with Crippen LogP contribution in [0.1, 0.15) is 43.7 Å². The topological polar surface area (TPSA) is 70.2 Å². The van der Waals surface area contributed by atoms with Gasteiger partial charge in [-0.25, -0.2) is 13.2 Å². The summed E-state index contributed by atoms with van der Waals surface area (Å²) >= 11 is 0. The van der Waals surface area contributed by atoms with E-state index in [0.29, 0.717) is 45.6 Å². The van der Waals surface area contributed by atoms with Crippen molar-refractivity contribution in [2.75, 3.05) is 49.1 Å². The fourth-order valence-electron chi connectivity index (χ4n) is 5.47. The maximum atomic E-state index is 12.8. The summed E-state index contributed by atoms with van der Waals surface area (Å²) in [5.41, 5.74) is 3.24. The van der Waals surface area contributed by atoms with Gasteiger partial charge in [-0.05, 0) is 63.3 Å². The molecule has 0 radical (unpaired) electrons. The van der Waals surface area contributed by atoms with Crippen LogP contribution in [-0.4, -0.2) is 86.4 Å². The number of ether oxygens (including phenoxy) is 1. The maximum Gasteiger partial charge on any atom is 0.425 e. The number of hydrogen-bond donors (Lipinski definition) is 0. The fourth-order valence-corrected chi connectivity index (χ4v) is 6.67. The van der Waals surface area contributed by atoms with Gasteiger partial charge in [0.2, 0.25) is 0 Å². The third-order valence-electron chi connectivity index (χ3n) is 7.72. The molecule has 1 aromatic carbocycles. The first kappa shape index (κ1) is 26.1. The van der Waals surface area contributed by atoms with Gasteiger partial charge < -0.3 is 14.5 Å². The average Bonchev–Trinajstić information content (AvgIpc) is 3.16. The monoisotopic (exact) mass is 517 g/mol. The molecule has 3 heterocycles. The van der Waals surface area contributed by atoms with Crippen LogP contribution in [0.2, 0.25) is 0 Å². The minimum absolute atomic E-state index is 0.0974. The van der Waals surface area contributed by atoms with Crippen LogP contribution in [0.4, 0.5) is 23.7 Å².